The van der Waals surface area contributed by atoms with Crippen molar-refractivity contribution in [3.8, 4) is 0 Å². The minimum Gasteiger partial charge on any atom is -0.330 e. The van der Waals surface area contributed by atoms with E-state index in [1.165, 1.54) is 0 Å². The molecular weight excluding hydrogens is 136 g/mol. The lowest BCUT2D eigenvalue weighted by atomic mass is 9.91. The van der Waals surface area contributed by atoms with Crippen molar-refractivity contribution >= 4 is 12.4 Å². The third-order valence-corrected chi connectivity index (χ3v) is 1.62. The van der Waals surface area contributed by atoms with E-state index in [2.05, 4.69) is 6.92 Å². The van der Waals surface area contributed by atoms with Gasteiger partial charge in [0.2, 0.25) is 0 Å². The van der Waals surface area contributed by atoms with Gasteiger partial charge in [0.05, 0.1) is 0 Å². The summed E-state index contributed by atoms with van der Waals surface area (Å²) in [6.45, 7) is 6.71. The number of hydrogen-bond acceptors (Lipinski definition) is 2. The second-order valence-electron chi connectivity index (χ2n) is 2.96. The molecule has 0 aromatic rings. The van der Waals surface area contributed by atoms with Crippen molar-refractivity contribution in [2.24, 2.45) is 17.4 Å². The minimum absolute atomic E-state index is 0. The standard InChI is InChI=1S/C6H16N2.ClH/c1-5(4-7)6(2,3)8;/h5H,4,7-8H2,1-3H3;1H. The highest BCUT2D eigenvalue weighted by atomic mass is 35.5. The van der Waals surface area contributed by atoms with Crippen LogP contribution >= 0.6 is 12.4 Å². The first-order valence-electron chi connectivity index (χ1n) is 2.97. The molecule has 9 heavy (non-hydrogen) atoms. The Labute approximate surface area is 63.4 Å². The lowest BCUT2D eigenvalue weighted by Gasteiger charge is -2.25. The fourth-order valence-corrected chi connectivity index (χ4v) is 0.304. The van der Waals surface area contributed by atoms with Crippen LogP contribution in [0, 0.1) is 5.92 Å². The van der Waals surface area contributed by atoms with Crippen LogP contribution in [0.4, 0.5) is 0 Å². The third kappa shape index (κ3) is 4.70. The maximum atomic E-state index is 5.71. The molecule has 0 saturated carbocycles. The summed E-state index contributed by atoms with van der Waals surface area (Å²) in [6.07, 6.45) is 0. The molecule has 58 valence electrons. The maximum Gasteiger partial charge on any atom is 0.0135 e. The molecule has 0 amide bonds. The monoisotopic (exact) mass is 152 g/mol. The highest BCUT2D eigenvalue weighted by Crippen LogP contribution is 2.09. The number of rotatable bonds is 2. The minimum atomic E-state index is -0.116. The van der Waals surface area contributed by atoms with Crippen molar-refractivity contribution in [2.75, 3.05) is 6.54 Å². The average molecular weight is 153 g/mol. The van der Waals surface area contributed by atoms with E-state index < -0.39 is 0 Å². The van der Waals surface area contributed by atoms with Gasteiger partial charge >= 0.3 is 0 Å². The molecule has 0 saturated heterocycles. The first kappa shape index (κ1) is 11.9. The fraction of sp³-hybridized carbons (Fsp3) is 1.00. The molecule has 0 spiro atoms. The van der Waals surface area contributed by atoms with Gasteiger partial charge in [0.15, 0.2) is 0 Å². The highest BCUT2D eigenvalue weighted by Gasteiger charge is 2.17. The van der Waals surface area contributed by atoms with E-state index in [0.29, 0.717) is 12.5 Å². The molecule has 0 heterocycles. The Morgan fingerprint density at radius 2 is 1.78 bits per heavy atom. The van der Waals surface area contributed by atoms with Gasteiger partial charge in [0.25, 0.3) is 0 Å². The molecule has 0 bridgehead atoms. The van der Waals surface area contributed by atoms with Gasteiger partial charge in [-0.05, 0) is 26.3 Å². The fourth-order valence-electron chi connectivity index (χ4n) is 0.304. The van der Waals surface area contributed by atoms with E-state index in [4.69, 9.17) is 11.5 Å². The van der Waals surface area contributed by atoms with Crippen molar-refractivity contribution in [1.29, 1.82) is 0 Å². The van der Waals surface area contributed by atoms with Crippen LogP contribution in [-0.2, 0) is 0 Å². The Hall–Kier alpha value is 0.210. The quantitative estimate of drug-likeness (QED) is 0.614. The summed E-state index contributed by atoms with van der Waals surface area (Å²) in [5.74, 6) is 0.405. The van der Waals surface area contributed by atoms with E-state index in [1.807, 2.05) is 13.8 Å². The SMILES string of the molecule is CC(CN)C(C)(C)N.Cl. The van der Waals surface area contributed by atoms with Crippen LogP contribution < -0.4 is 11.5 Å². The maximum absolute atomic E-state index is 5.71. The summed E-state index contributed by atoms with van der Waals surface area (Å²) in [5, 5.41) is 0. The lowest BCUT2D eigenvalue weighted by molar-refractivity contribution is 0.354. The summed E-state index contributed by atoms with van der Waals surface area (Å²) in [7, 11) is 0. The first-order chi connectivity index (χ1) is 3.48. The van der Waals surface area contributed by atoms with Gasteiger partial charge in [0.1, 0.15) is 0 Å². The van der Waals surface area contributed by atoms with Gasteiger partial charge in [-0.3, -0.25) is 0 Å². The second-order valence-corrected chi connectivity index (χ2v) is 2.96. The van der Waals surface area contributed by atoms with Crippen molar-refractivity contribution in [2.45, 2.75) is 26.3 Å². The average Bonchev–Trinajstić information content (AvgIpc) is 1.62. The Kier molecular flexibility index (Phi) is 5.43. The molecule has 1 atom stereocenters. The third-order valence-electron chi connectivity index (χ3n) is 1.62. The number of nitrogens with two attached hydrogens (primary N) is 2. The molecule has 0 fully saturated rings. The zero-order valence-electron chi connectivity index (χ0n) is 6.35. The van der Waals surface area contributed by atoms with Gasteiger partial charge in [-0.1, -0.05) is 6.92 Å². The molecule has 4 N–H and O–H groups in total. The predicted octanol–water partition coefficient (Wildman–Crippen LogP) is 0.740. The highest BCUT2D eigenvalue weighted by molar-refractivity contribution is 5.85. The van der Waals surface area contributed by atoms with Crippen LogP contribution in [0.3, 0.4) is 0 Å². The molecule has 0 rings (SSSR count). The predicted molar refractivity (Wildman–Crippen MR) is 43.7 cm³/mol. The Balaban J connectivity index is 0. The zero-order chi connectivity index (χ0) is 6.78. The van der Waals surface area contributed by atoms with E-state index in [0.717, 1.165) is 0 Å². The molecule has 0 radical (unpaired) electrons. The molecule has 0 aromatic carbocycles. The van der Waals surface area contributed by atoms with E-state index in [-0.39, 0.29) is 17.9 Å². The van der Waals surface area contributed by atoms with Crippen LogP contribution in [-0.4, -0.2) is 12.1 Å². The van der Waals surface area contributed by atoms with E-state index >= 15 is 0 Å². The van der Waals surface area contributed by atoms with Gasteiger partial charge < -0.3 is 11.5 Å². The van der Waals surface area contributed by atoms with Crippen LogP contribution in [0.25, 0.3) is 0 Å². The van der Waals surface area contributed by atoms with Crippen molar-refractivity contribution in [1.82, 2.24) is 0 Å². The first-order valence-corrected chi connectivity index (χ1v) is 2.97. The van der Waals surface area contributed by atoms with Gasteiger partial charge in [-0.15, -0.1) is 12.4 Å². The smallest absolute Gasteiger partial charge is 0.0135 e. The Bertz CT molecular complexity index is 67.9. The van der Waals surface area contributed by atoms with Crippen LogP contribution in [0.15, 0.2) is 0 Å². The summed E-state index contributed by atoms with van der Waals surface area (Å²) in [4.78, 5) is 0. The van der Waals surface area contributed by atoms with E-state index in [1.54, 1.807) is 0 Å². The molecule has 0 aliphatic rings. The number of halogens is 1. The Morgan fingerprint density at radius 3 is 1.78 bits per heavy atom. The summed E-state index contributed by atoms with van der Waals surface area (Å²) >= 11 is 0. The van der Waals surface area contributed by atoms with Crippen LogP contribution in [0.2, 0.25) is 0 Å². The van der Waals surface area contributed by atoms with E-state index in [9.17, 15) is 0 Å². The molecule has 0 aliphatic heterocycles. The molecule has 3 heteroatoms. The lowest BCUT2D eigenvalue weighted by Crippen LogP contribution is -2.42. The number of hydrogen-bond donors (Lipinski definition) is 2. The van der Waals surface area contributed by atoms with Gasteiger partial charge in [-0.2, -0.15) is 0 Å². The largest absolute Gasteiger partial charge is 0.330 e. The molecule has 2 nitrogen and oxygen atoms in total. The summed E-state index contributed by atoms with van der Waals surface area (Å²) in [5.41, 5.74) is 11.0. The van der Waals surface area contributed by atoms with Crippen LogP contribution in [0.5, 0.6) is 0 Å². The van der Waals surface area contributed by atoms with Crippen molar-refractivity contribution in [3.05, 3.63) is 0 Å². The van der Waals surface area contributed by atoms with Crippen LogP contribution in [0.1, 0.15) is 20.8 Å². The molecule has 0 aromatic heterocycles. The van der Waals surface area contributed by atoms with Crippen molar-refractivity contribution < 1.29 is 0 Å². The van der Waals surface area contributed by atoms with Gasteiger partial charge in [-0.25, -0.2) is 0 Å². The second kappa shape index (κ2) is 4.09. The molecular formula is C6H17ClN2. The Morgan fingerprint density at radius 1 is 1.44 bits per heavy atom. The normalized spacial score (nSPS) is 14.3. The summed E-state index contributed by atoms with van der Waals surface area (Å²) < 4.78 is 0. The molecule has 1 unspecified atom stereocenters. The molecule has 0 aliphatic carbocycles. The summed E-state index contributed by atoms with van der Waals surface area (Å²) in [6, 6.07) is 0. The van der Waals surface area contributed by atoms with Crippen molar-refractivity contribution in [3.63, 3.8) is 0 Å². The zero-order valence-corrected chi connectivity index (χ0v) is 7.16. The van der Waals surface area contributed by atoms with Gasteiger partial charge in [0, 0.05) is 5.54 Å². The topological polar surface area (TPSA) is 52.0 Å².